The monoisotopic (exact) mass is 281 g/mol. The predicted octanol–water partition coefficient (Wildman–Crippen LogP) is 4.73. The first-order chi connectivity index (χ1) is 10.1. The number of rotatable bonds is 4. The van der Waals surface area contributed by atoms with Crippen LogP contribution in [-0.4, -0.2) is 13.2 Å². The largest absolute Gasteiger partial charge is 0.491 e. The summed E-state index contributed by atoms with van der Waals surface area (Å²) in [6.45, 7) is 4.09. The van der Waals surface area contributed by atoms with Crippen LogP contribution in [-0.2, 0) is 12.8 Å². The van der Waals surface area contributed by atoms with Crippen molar-refractivity contribution in [2.24, 2.45) is 0 Å². The van der Waals surface area contributed by atoms with Crippen molar-refractivity contribution in [1.29, 1.82) is 0 Å². The molecular weight excluding hydrogens is 258 g/mol. The summed E-state index contributed by atoms with van der Waals surface area (Å²) in [7, 11) is 2.12. The number of hydrogen-bond donors (Lipinski definition) is 0. The van der Waals surface area contributed by atoms with Gasteiger partial charge >= 0.3 is 0 Å². The molecule has 0 amide bonds. The zero-order valence-electron chi connectivity index (χ0n) is 13.1. The molecule has 110 valence electrons. The van der Waals surface area contributed by atoms with Crippen LogP contribution in [0.5, 0.6) is 5.75 Å². The Labute approximate surface area is 127 Å². The van der Waals surface area contributed by atoms with Gasteiger partial charge in [-0.25, -0.2) is 0 Å². The smallest absolute Gasteiger partial charge is 0.119 e. The summed E-state index contributed by atoms with van der Waals surface area (Å²) in [5.74, 6) is 0.927. The minimum atomic E-state index is 0.213. The second-order valence-electron chi connectivity index (χ2n) is 6.03. The highest BCUT2D eigenvalue weighted by Gasteiger charge is 2.13. The minimum absolute atomic E-state index is 0.213. The fraction of sp³-hybridized carbons (Fsp3) is 0.368. The highest BCUT2D eigenvalue weighted by Crippen LogP contribution is 2.30. The van der Waals surface area contributed by atoms with Crippen molar-refractivity contribution < 1.29 is 4.74 Å². The lowest BCUT2D eigenvalue weighted by Gasteiger charge is -2.21. The molecule has 0 unspecified atom stereocenters. The van der Waals surface area contributed by atoms with Crippen molar-refractivity contribution in [2.75, 3.05) is 11.9 Å². The summed E-state index contributed by atoms with van der Waals surface area (Å²) >= 11 is 0. The Hall–Kier alpha value is -1.96. The maximum Gasteiger partial charge on any atom is 0.119 e. The summed E-state index contributed by atoms with van der Waals surface area (Å²) in [4.78, 5) is 2.23. The van der Waals surface area contributed by atoms with E-state index in [2.05, 4.69) is 42.3 Å². The van der Waals surface area contributed by atoms with Crippen LogP contribution in [0.25, 0.3) is 0 Å². The summed E-state index contributed by atoms with van der Waals surface area (Å²) in [5.41, 5.74) is 5.48. The molecule has 2 aromatic carbocycles. The van der Waals surface area contributed by atoms with Gasteiger partial charge in [-0.1, -0.05) is 6.07 Å². The van der Waals surface area contributed by atoms with Crippen LogP contribution < -0.4 is 9.64 Å². The number of ether oxygens (including phenoxy) is 1. The van der Waals surface area contributed by atoms with E-state index in [4.69, 9.17) is 4.74 Å². The van der Waals surface area contributed by atoms with E-state index in [1.54, 1.807) is 0 Å². The minimum Gasteiger partial charge on any atom is -0.491 e. The van der Waals surface area contributed by atoms with E-state index in [0.29, 0.717) is 0 Å². The lowest BCUT2D eigenvalue weighted by molar-refractivity contribution is 0.242. The summed E-state index contributed by atoms with van der Waals surface area (Å²) in [6, 6.07) is 15.2. The van der Waals surface area contributed by atoms with E-state index < -0.39 is 0 Å². The van der Waals surface area contributed by atoms with Gasteiger partial charge < -0.3 is 9.64 Å². The lowest BCUT2D eigenvalue weighted by atomic mass is 10.1. The molecule has 0 N–H and O–H groups in total. The molecule has 0 saturated heterocycles. The van der Waals surface area contributed by atoms with Crippen molar-refractivity contribution in [3.63, 3.8) is 0 Å². The first-order valence-electron chi connectivity index (χ1n) is 7.76. The Morgan fingerprint density at radius 1 is 0.905 bits per heavy atom. The van der Waals surface area contributed by atoms with Crippen molar-refractivity contribution in [1.82, 2.24) is 0 Å². The maximum atomic E-state index is 5.70. The molecule has 0 saturated carbocycles. The number of nitrogens with zero attached hydrogens (tertiary/aromatic N) is 1. The Morgan fingerprint density at radius 3 is 2.29 bits per heavy atom. The van der Waals surface area contributed by atoms with Crippen LogP contribution in [0.3, 0.4) is 0 Å². The molecule has 0 atom stereocenters. The fourth-order valence-electron chi connectivity index (χ4n) is 2.94. The Morgan fingerprint density at radius 2 is 1.57 bits per heavy atom. The molecule has 2 heteroatoms. The zero-order valence-corrected chi connectivity index (χ0v) is 13.1. The summed E-state index contributed by atoms with van der Waals surface area (Å²) in [6.07, 6.45) is 3.97. The molecule has 0 heterocycles. The van der Waals surface area contributed by atoms with Crippen LogP contribution >= 0.6 is 0 Å². The molecule has 0 aliphatic heterocycles. The summed E-state index contributed by atoms with van der Waals surface area (Å²) in [5, 5.41) is 0. The van der Waals surface area contributed by atoms with E-state index in [9.17, 15) is 0 Å². The summed E-state index contributed by atoms with van der Waals surface area (Å²) < 4.78 is 5.70. The first-order valence-corrected chi connectivity index (χ1v) is 7.76. The highest BCUT2D eigenvalue weighted by molar-refractivity contribution is 5.64. The third-order valence-electron chi connectivity index (χ3n) is 4.07. The molecule has 0 radical (unpaired) electrons. The number of hydrogen-bond acceptors (Lipinski definition) is 2. The van der Waals surface area contributed by atoms with E-state index in [0.717, 1.165) is 5.75 Å². The van der Waals surface area contributed by atoms with Gasteiger partial charge in [0.2, 0.25) is 0 Å². The SMILES string of the molecule is CC(C)Oc1ccc(N(C)c2ccc3c(c2)CCC3)cc1. The van der Waals surface area contributed by atoms with Crippen molar-refractivity contribution in [3.8, 4) is 5.75 Å². The van der Waals surface area contributed by atoms with Gasteiger partial charge in [0.1, 0.15) is 5.75 Å². The average molecular weight is 281 g/mol. The van der Waals surface area contributed by atoms with E-state index in [1.165, 1.54) is 41.8 Å². The molecule has 0 aromatic heterocycles. The molecule has 21 heavy (non-hydrogen) atoms. The zero-order chi connectivity index (χ0) is 14.8. The average Bonchev–Trinajstić information content (AvgIpc) is 2.94. The maximum absolute atomic E-state index is 5.70. The topological polar surface area (TPSA) is 12.5 Å². The Balaban J connectivity index is 1.79. The number of anilines is 2. The lowest BCUT2D eigenvalue weighted by Crippen LogP contribution is -2.10. The van der Waals surface area contributed by atoms with Gasteiger partial charge in [-0.2, -0.15) is 0 Å². The van der Waals surface area contributed by atoms with Crippen molar-refractivity contribution in [2.45, 2.75) is 39.2 Å². The van der Waals surface area contributed by atoms with E-state index in [-0.39, 0.29) is 6.10 Å². The molecule has 1 aliphatic carbocycles. The molecule has 2 nitrogen and oxygen atoms in total. The second-order valence-corrected chi connectivity index (χ2v) is 6.03. The Kier molecular flexibility index (Phi) is 3.87. The van der Waals surface area contributed by atoms with Crippen LogP contribution in [0.4, 0.5) is 11.4 Å². The first kappa shape index (κ1) is 14.0. The third-order valence-corrected chi connectivity index (χ3v) is 4.07. The van der Waals surface area contributed by atoms with Crippen LogP contribution in [0.2, 0.25) is 0 Å². The molecule has 3 rings (SSSR count). The van der Waals surface area contributed by atoms with Gasteiger partial charge in [0.05, 0.1) is 6.10 Å². The van der Waals surface area contributed by atoms with Gasteiger partial charge in [-0.15, -0.1) is 0 Å². The quantitative estimate of drug-likeness (QED) is 0.803. The second kappa shape index (κ2) is 5.80. The van der Waals surface area contributed by atoms with Crippen molar-refractivity contribution >= 4 is 11.4 Å². The van der Waals surface area contributed by atoms with Gasteiger partial charge in [0.15, 0.2) is 0 Å². The molecule has 0 spiro atoms. The number of fused-ring (bicyclic) bond motifs is 1. The normalized spacial score (nSPS) is 13.3. The number of aryl methyl sites for hydroxylation is 2. The molecular formula is C19H23NO. The van der Waals surface area contributed by atoms with Crippen LogP contribution in [0.15, 0.2) is 42.5 Å². The standard InChI is InChI=1S/C19H23NO/c1-14(2)21-19-11-9-17(10-12-19)20(3)18-8-7-15-5-4-6-16(15)13-18/h7-14H,4-6H2,1-3H3. The molecule has 0 fully saturated rings. The van der Waals surface area contributed by atoms with Crippen LogP contribution in [0.1, 0.15) is 31.4 Å². The fourth-order valence-corrected chi connectivity index (χ4v) is 2.94. The van der Waals surface area contributed by atoms with Crippen LogP contribution in [0, 0.1) is 0 Å². The third kappa shape index (κ3) is 3.05. The van der Waals surface area contributed by atoms with E-state index >= 15 is 0 Å². The van der Waals surface area contributed by atoms with E-state index in [1.807, 2.05) is 26.0 Å². The van der Waals surface area contributed by atoms with Crippen molar-refractivity contribution in [3.05, 3.63) is 53.6 Å². The van der Waals surface area contributed by atoms with Gasteiger partial charge in [0, 0.05) is 18.4 Å². The molecule has 0 bridgehead atoms. The predicted molar refractivity (Wildman–Crippen MR) is 88.7 cm³/mol. The molecule has 2 aromatic rings. The van der Waals surface area contributed by atoms with Gasteiger partial charge in [-0.3, -0.25) is 0 Å². The van der Waals surface area contributed by atoms with Gasteiger partial charge in [-0.05, 0) is 80.6 Å². The Bertz CT molecular complexity index is 616. The molecule has 1 aliphatic rings. The van der Waals surface area contributed by atoms with Gasteiger partial charge in [0.25, 0.3) is 0 Å². The highest BCUT2D eigenvalue weighted by atomic mass is 16.5. The number of benzene rings is 2.